The molecule has 1 aromatic rings. The molecule has 0 aliphatic carbocycles. The molecule has 1 aromatic carbocycles. The van der Waals surface area contributed by atoms with Crippen molar-refractivity contribution < 1.29 is 17.9 Å². The smallest absolute Gasteiger partial charge is 0.325 e. The highest BCUT2D eigenvalue weighted by Gasteiger charge is 2.07. The van der Waals surface area contributed by atoms with Crippen molar-refractivity contribution in [3.63, 3.8) is 0 Å². The van der Waals surface area contributed by atoms with Gasteiger partial charge in [-0.3, -0.25) is 4.79 Å². The van der Waals surface area contributed by atoms with Crippen molar-refractivity contribution in [3.05, 3.63) is 24.3 Å². The molecule has 16 heavy (non-hydrogen) atoms. The second-order valence-corrected chi connectivity index (χ2v) is 5.25. The van der Waals surface area contributed by atoms with E-state index < -0.39 is 15.8 Å². The maximum absolute atomic E-state index is 11.3. The number of nitrogens with one attached hydrogen (secondary N) is 1. The van der Waals surface area contributed by atoms with E-state index in [1.165, 1.54) is 19.2 Å². The number of rotatable bonds is 4. The topological polar surface area (TPSA) is 72.5 Å². The third-order valence-corrected chi connectivity index (χ3v) is 3.04. The largest absolute Gasteiger partial charge is 0.468 e. The monoisotopic (exact) mass is 243 g/mol. The van der Waals surface area contributed by atoms with Crippen molar-refractivity contribution in [3.8, 4) is 0 Å². The van der Waals surface area contributed by atoms with Gasteiger partial charge in [-0.1, -0.05) is 6.07 Å². The number of ether oxygens (including phenoxy) is 1. The van der Waals surface area contributed by atoms with Gasteiger partial charge in [-0.25, -0.2) is 8.42 Å². The molecule has 0 saturated heterocycles. The van der Waals surface area contributed by atoms with E-state index in [1.54, 1.807) is 12.1 Å². The highest BCUT2D eigenvalue weighted by molar-refractivity contribution is 7.90. The predicted molar refractivity (Wildman–Crippen MR) is 60.1 cm³/mol. The standard InChI is InChI=1S/C10H13NO4S/c1-15-10(12)7-11-8-4-3-5-9(6-8)16(2,13)14/h3-6,11H,7H2,1-2H3. The molecule has 0 aromatic heterocycles. The minimum atomic E-state index is -3.23. The van der Waals surface area contributed by atoms with Crippen molar-refractivity contribution in [1.29, 1.82) is 0 Å². The van der Waals surface area contributed by atoms with Crippen molar-refractivity contribution >= 4 is 21.5 Å². The Balaban J connectivity index is 2.80. The quantitative estimate of drug-likeness (QED) is 0.787. The van der Waals surface area contributed by atoms with Crippen LogP contribution in [0.25, 0.3) is 0 Å². The zero-order valence-electron chi connectivity index (χ0n) is 9.06. The Morgan fingerprint density at radius 3 is 2.69 bits per heavy atom. The molecule has 88 valence electrons. The molecule has 6 heteroatoms. The van der Waals surface area contributed by atoms with Gasteiger partial charge >= 0.3 is 5.97 Å². The molecule has 1 N–H and O–H groups in total. The number of sulfone groups is 1. The molecule has 0 unspecified atom stereocenters. The SMILES string of the molecule is COC(=O)CNc1cccc(S(C)(=O)=O)c1. The van der Waals surface area contributed by atoms with E-state index in [-0.39, 0.29) is 11.4 Å². The molecule has 0 bridgehead atoms. The highest BCUT2D eigenvalue weighted by atomic mass is 32.2. The summed E-state index contributed by atoms with van der Waals surface area (Å²) >= 11 is 0. The average Bonchev–Trinajstić information content (AvgIpc) is 2.25. The Hall–Kier alpha value is -1.56. The van der Waals surface area contributed by atoms with Gasteiger partial charge in [-0.15, -0.1) is 0 Å². The van der Waals surface area contributed by atoms with Crippen LogP contribution in [0, 0.1) is 0 Å². The van der Waals surface area contributed by atoms with Crippen LogP contribution >= 0.6 is 0 Å². The number of esters is 1. The summed E-state index contributed by atoms with van der Waals surface area (Å²) in [5.41, 5.74) is 0.563. The van der Waals surface area contributed by atoms with Gasteiger partial charge in [0.1, 0.15) is 6.54 Å². The molecule has 0 fully saturated rings. The molecule has 0 heterocycles. The Morgan fingerprint density at radius 2 is 2.12 bits per heavy atom. The van der Waals surface area contributed by atoms with E-state index in [0.717, 1.165) is 6.26 Å². The van der Waals surface area contributed by atoms with Crippen LogP contribution in [0.4, 0.5) is 5.69 Å². The Morgan fingerprint density at radius 1 is 1.44 bits per heavy atom. The second kappa shape index (κ2) is 4.98. The normalized spacial score (nSPS) is 10.9. The van der Waals surface area contributed by atoms with Crippen LogP contribution in [0.3, 0.4) is 0 Å². The first kappa shape index (κ1) is 12.5. The first-order valence-corrected chi connectivity index (χ1v) is 6.43. The van der Waals surface area contributed by atoms with Gasteiger partial charge < -0.3 is 10.1 Å². The minimum Gasteiger partial charge on any atom is -0.468 e. The fraction of sp³-hybridized carbons (Fsp3) is 0.300. The third-order valence-electron chi connectivity index (χ3n) is 1.93. The summed E-state index contributed by atoms with van der Waals surface area (Å²) in [5.74, 6) is -0.412. The zero-order chi connectivity index (χ0) is 12.2. The van der Waals surface area contributed by atoms with Gasteiger partial charge in [0.05, 0.1) is 12.0 Å². The van der Waals surface area contributed by atoms with E-state index in [2.05, 4.69) is 10.1 Å². The second-order valence-electron chi connectivity index (χ2n) is 3.23. The predicted octanol–water partition coefficient (Wildman–Crippen LogP) is 0.675. The summed E-state index contributed by atoms with van der Waals surface area (Å²) in [6.45, 7) is 0.00369. The molecular formula is C10H13NO4S. The summed E-state index contributed by atoms with van der Waals surface area (Å²) in [5, 5.41) is 2.77. The molecule has 0 aliphatic heterocycles. The van der Waals surface area contributed by atoms with Crippen LogP contribution in [0.2, 0.25) is 0 Å². The fourth-order valence-corrected chi connectivity index (χ4v) is 1.75. The molecule has 0 aliphatic rings. The van der Waals surface area contributed by atoms with Gasteiger partial charge in [-0.2, -0.15) is 0 Å². The lowest BCUT2D eigenvalue weighted by Gasteiger charge is -2.06. The number of methoxy groups -OCH3 is 1. The zero-order valence-corrected chi connectivity index (χ0v) is 9.87. The summed E-state index contributed by atoms with van der Waals surface area (Å²) in [6, 6.07) is 6.25. The van der Waals surface area contributed by atoms with Crippen LogP contribution < -0.4 is 5.32 Å². The molecule has 5 nitrogen and oxygen atoms in total. The molecule has 0 saturated carbocycles. The number of hydrogen-bond acceptors (Lipinski definition) is 5. The highest BCUT2D eigenvalue weighted by Crippen LogP contribution is 2.14. The maximum Gasteiger partial charge on any atom is 0.325 e. The lowest BCUT2D eigenvalue weighted by Crippen LogP contribution is -2.15. The van der Waals surface area contributed by atoms with Gasteiger partial charge in [0.2, 0.25) is 0 Å². The van der Waals surface area contributed by atoms with Crippen molar-refractivity contribution in [2.24, 2.45) is 0 Å². The Labute approximate surface area is 94.3 Å². The third kappa shape index (κ3) is 3.54. The average molecular weight is 243 g/mol. The van der Waals surface area contributed by atoms with Gasteiger partial charge in [0.25, 0.3) is 0 Å². The van der Waals surface area contributed by atoms with Gasteiger partial charge in [0.15, 0.2) is 9.84 Å². The minimum absolute atomic E-state index is 0.00369. The van der Waals surface area contributed by atoms with Crippen LogP contribution in [-0.4, -0.2) is 34.3 Å². The molecule has 0 spiro atoms. The van der Waals surface area contributed by atoms with Crippen LogP contribution in [0.1, 0.15) is 0 Å². The lowest BCUT2D eigenvalue weighted by molar-refractivity contribution is -0.138. The van der Waals surface area contributed by atoms with Crippen LogP contribution in [-0.2, 0) is 19.4 Å². The summed E-state index contributed by atoms with van der Waals surface area (Å²) in [4.78, 5) is 11.1. The number of benzene rings is 1. The van der Waals surface area contributed by atoms with Crippen LogP contribution in [0.15, 0.2) is 29.2 Å². The number of carbonyl (C=O) groups is 1. The fourth-order valence-electron chi connectivity index (χ4n) is 1.08. The van der Waals surface area contributed by atoms with E-state index in [0.29, 0.717) is 5.69 Å². The van der Waals surface area contributed by atoms with Crippen LogP contribution in [0.5, 0.6) is 0 Å². The Bertz CT molecular complexity index is 481. The first-order valence-electron chi connectivity index (χ1n) is 4.54. The molecule has 1 rings (SSSR count). The molecule has 0 radical (unpaired) electrons. The first-order chi connectivity index (χ1) is 7.43. The van der Waals surface area contributed by atoms with Gasteiger partial charge in [-0.05, 0) is 18.2 Å². The van der Waals surface area contributed by atoms with Crippen molar-refractivity contribution in [2.75, 3.05) is 25.2 Å². The lowest BCUT2D eigenvalue weighted by atomic mass is 10.3. The molecule has 0 amide bonds. The summed E-state index contributed by atoms with van der Waals surface area (Å²) in [7, 11) is -1.94. The summed E-state index contributed by atoms with van der Waals surface area (Å²) in [6.07, 6.45) is 1.13. The number of anilines is 1. The van der Waals surface area contributed by atoms with E-state index >= 15 is 0 Å². The molecule has 0 atom stereocenters. The number of hydrogen-bond donors (Lipinski definition) is 1. The van der Waals surface area contributed by atoms with Gasteiger partial charge in [0, 0.05) is 11.9 Å². The maximum atomic E-state index is 11.3. The number of carbonyl (C=O) groups excluding carboxylic acids is 1. The van der Waals surface area contributed by atoms with E-state index in [1.807, 2.05) is 0 Å². The Kier molecular flexibility index (Phi) is 3.89. The summed E-state index contributed by atoms with van der Waals surface area (Å²) < 4.78 is 27.0. The van der Waals surface area contributed by atoms with Crippen molar-refractivity contribution in [1.82, 2.24) is 0 Å². The van der Waals surface area contributed by atoms with E-state index in [9.17, 15) is 13.2 Å². The van der Waals surface area contributed by atoms with Crippen molar-refractivity contribution in [2.45, 2.75) is 4.90 Å². The van der Waals surface area contributed by atoms with E-state index in [4.69, 9.17) is 0 Å². The molecular weight excluding hydrogens is 230 g/mol.